The van der Waals surface area contributed by atoms with Crippen molar-refractivity contribution in [3.05, 3.63) is 48.4 Å². The highest BCUT2D eigenvalue weighted by atomic mass is 16.3. The largest absolute Gasteiger partial charge is 0.459 e. The van der Waals surface area contributed by atoms with Crippen LogP contribution in [-0.4, -0.2) is 18.4 Å². The first kappa shape index (κ1) is 11.9. The summed E-state index contributed by atoms with van der Waals surface area (Å²) in [7, 11) is 0. The Bertz CT molecular complexity index is 561. The van der Waals surface area contributed by atoms with Gasteiger partial charge in [0.2, 0.25) is 5.91 Å². The van der Waals surface area contributed by atoms with Gasteiger partial charge in [-0.2, -0.15) is 0 Å². The van der Waals surface area contributed by atoms with Crippen molar-refractivity contribution >= 4 is 11.8 Å². The zero-order valence-corrected chi connectivity index (χ0v) is 9.55. The molecule has 0 bridgehead atoms. The Hall–Kier alpha value is -2.56. The Morgan fingerprint density at radius 1 is 1.17 bits per heavy atom. The number of primary amides is 1. The zero-order valence-electron chi connectivity index (χ0n) is 9.55. The lowest BCUT2D eigenvalue weighted by Crippen LogP contribution is -2.33. The zero-order chi connectivity index (χ0) is 13.0. The van der Waals surface area contributed by atoms with Crippen molar-refractivity contribution in [3.63, 3.8) is 0 Å². The Balaban J connectivity index is 2.23. The van der Waals surface area contributed by atoms with Crippen molar-refractivity contribution in [1.82, 2.24) is 5.32 Å². The molecule has 3 N–H and O–H groups in total. The van der Waals surface area contributed by atoms with E-state index in [4.69, 9.17) is 10.2 Å². The van der Waals surface area contributed by atoms with Crippen molar-refractivity contribution in [2.45, 2.75) is 0 Å². The lowest BCUT2D eigenvalue weighted by atomic mass is 10.1. The minimum Gasteiger partial charge on any atom is -0.459 e. The van der Waals surface area contributed by atoms with Crippen LogP contribution in [0.5, 0.6) is 0 Å². The molecule has 0 aliphatic carbocycles. The first-order valence-electron chi connectivity index (χ1n) is 5.38. The van der Waals surface area contributed by atoms with Gasteiger partial charge in [-0.15, -0.1) is 0 Å². The summed E-state index contributed by atoms with van der Waals surface area (Å²) >= 11 is 0. The van der Waals surface area contributed by atoms with Gasteiger partial charge in [-0.05, 0) is 11.6 Å². The van der Waals surface area contributed by atoms with E-state index >= 15 is 0 Å². The monoisotopic (exact) mass is 244 g/mol. The third-order valence-electron chi connectivity index (χ3n) is 2.38. The molecule has 0 atom stereocenters. The molecule has 2 aromatic rings. The molecule has 18 heavy (non-hydrogen) atoms. The van der Waals surface area contributed by atoms with E-state index in [0.717, 1.165) is 5.56 Å². The van der Waals surface area contributed by atoms with Crippen LogP contribution in [-0.2, 0) is 4.79 Å². The summed E-state index contributed by atoms with van der Waals surface area (Å²) in [6.45, 7) is -0.215. The molecule has 1 aromatic carbocycles. The lowest BCUT2D eigenvalue weighted by molar-refractivity contribution is -0.117. The molecule has 0 fully saturated rings. The van der Waals surface area contributed by atoms with Gasteiger partial charge < -0.3 is 15.5 Å². The van der Waals surface area contributed by atoms with Crippen molar-refractivity contribution in [3.8, 4) is 11.1 Å². The summed E-state index contributed by atoms with van der Waals surface area (Å²) in [6, 6.07) is 11.1. The van der Waals surface area contributed by atoms with Gasteiger partial charge in [0, 0.05) is 5.56 Å². The van der Waals surface area contributed by atoms with E-state index in [2.05, 4.69) is 5.32 Å². The number of hydrogen-bond donors (Lipinski definition) is 2. The number of rotatable bonds is 4. The van der Waals surface area contributed by atoms with Crippen molar-refractivity contribution < 1.29 is 14.0 Å². The Kier molecular flexibility index (Phi) is 3.43. The Labute approximate surface area is 104 Å². The van der Waals surface area contributed by atoms with Crippen LogP contribution in [0.15, 0.2) is 47.1 Å². The summed E-state index contributed by atoms with van der Waals surface area (Å²) in [5, 5.41) is 2.39. The Morgan fingerprint density at radius 3 is 2.56 bits per heavy atom. The SMILES string of the molecule is NC(=O)CNC(=O)c1occc1-c1ccccc1. The number of benzene rings is 1. The molecule has 5 heteroatoms. The predicted molar refractivity (Wildman–Crippen MR) is 65.7 cm³/mol. The number of furan rings is 1. The maximum Gasteiger partial charge on any atom is 0.288 e. The molecule has 5 nitrogen and oxygen atoms in total. The third-order valence-corrected chi connectivity index (χ3v) is 2.38. The van der Waals surface area contributed by atoms with E-state index in [1.807, 2.05) is 30.3 Å². The van der Waals surface area contributed by atoms with Gasteiger partial charge in [0.15, 0.2) is 5.76 Å². The van der Waals surface area contributed by atoms with E-state index in [1.165, 1.54) is 6.26 Å². The highest BCUT2D eigenvalue weighted by Crippen LogP contribution is 2.24. The second-order valence-corrected chi connectivity index (χ2v) is 3.68. The fraction of sp³-hybridized carbons (Fsp3) is 0.0769. The van der Waals surface area contributed by atoms with Crippen LogP contribution in [0, 0.1) is 0 Å². The molecule has 1 aromatic heterocycles. The van der Waals surface area contributed by atoms with E-state index in [9.17, 15) is 9.59 Å². The van der Waals surface area contributed by atoms with Crippen LogP contribution < -0.4 is 11.1 Å². The first-order chi connectivity index (χ1) is 8.68. The van der Waals surface area contributed by atoms with Gasteiger partial charge in [-0.3, -0.25) is 9.59 Å². The summed E-state index contributed by atoms with van der Waals surface area (Å²) in [6.07, 6.45) is 1.43. The fourth-order valence-electron chi connectivity index (χ4n) is 1.58. The lowest BCUT2D eigenvalue weighted by Gasteiger charge is -2.03. The van der Waals surface area contributed by atoms with E-state index in [-0.39, 0.29) is 12.3 Å². The van der Waals surface area contributed by atoms with Crippen LogP contribution in [0.4, 0.5) is 0 Å². The molecule has 0 saturated heterocycles. The van der Waals surface area contributed by atoms with Gasteiger partial charge in [-0.25, -0.2) is 0 Å². The van der Waals surface area contributed by atoms with Crippen LogP contribution in [0.2, 0.25) is 0 Å². The second-order valence-electron chi connectivity index (χ2n) is 3.68. The fourth-order valence-corrected chi connectivity index (χ4v) is 1.58. The van der Waals surface area contributed by atoms with Crippen molar-refractivity contribution in [2.75, 3.05) is 6.54 Å². The molecule has 2 rings (SSSR count). The predicted octanol–water partition coefficient (Wildman–Crippen LogP) is 1.16. The van der Waals surface area contributed by atoms with Crippen LogP contribution >= 0.6 is 0 Å². The summed E-state index contributed by atoms with van der Waals surface area (Å²) < 4.78 is 5.15. The summed E-state index contributed by atoms with van der Waals surface area (Å²) in [5.41, 5.74) is 6.51. The topological polar surface area (TPSA) is 85.3 Å². The number of carbonyl (C=O) groups is 2. The number of carbonyl (C=O) groups excluding carboxylic acids is 2. The molecule has 1 heterocycles. The van der Waals surface area contributed by atoms with Crippen LogP contribution in [0.1, 0.15) is 10.6 Å². The van der Waals surface area contributed by atoms with E-state index in [0.29, 0.717) is 5.56 Å². The maximum atomic E-state index is 11.8. The van der Waals surface area contributed by atoms with Gasteiger partial charge in [0.1, 0.15) is 0 Å². The number of hydrogen-bond acceptors (Lipinski definition) is 3. The molecule has 0 aliphatic heterocycles. The highest BCUT2D eigenvalue weighted by molar-refractivity contribution is 5.99. The number of nitrogens with one attached hydrogen (secondary N) is 1. The quantitative estimate of drug-likeness (QED) is 0.846. The van der Waals surface area contributed by atoms with Crippen molar-refractivity contribution in [1.29, 1.82) is 0 Å². The normalized spacial score (nSPS) is 10.0. The van der Waals surface area contributed by atoms with Crippen molar-refractivity contribution in [2.24, 2.45) is 5.73 Å². The highest BCUT2D eigenvalue weighted by Gasteiger charge is 2.16. The molecule has 0 radical (unpaired) electrons. The number of amides is 2. The van der Waals surface area contributed by atoms with Gasteiger partial charge in [-0.1, -0.05) is 30.3 Å². The van der Waals surface area contributed by atoms with Crippen LogP contribution in [0.25, 0.3) is 11.1 Å². The summed E-state index contributed by atoms with van der Waals surface area (Å²) in [4.78, 5) is 22.4. The molecule has 0 aliphatic rings. The average molecular weight is 244 g/mol. The first-order valence-corrected chi connectivity index (χ1v) is 5.38. The minimum absolute atomic E-state index is 0.169. The third kappa shape index (κ3) is 2.57. The molecule has 0 saturated carbocycles. The van der Waals surface area contributed by atoms with Gasteiger partial charge >= 0.3 is 0 Å². The molecular weight excluding hydrogens is 232 g/mol. The van der Waals surface area contributed by atoms with E-state index in [1.54, 1.807) is 6.07 Å². The average Bonchev–Trinajstić information content (AvgIpc) is 2.86. The second kappa shape index (κ2) is 5.18. The smallest absolute Gasteiger partial charge is 0.288 e. The molecule has 92 valence electrons. The van der Waals surface area contributed by atoms with E-state index < -0.39 is 11.8 Å². The molecule has 0 spiro atoms. The maximum absolute atomic E-state index is 11.8. The number of nitrogens with two attached hydrogens (primary N) is 1. The summed E-state index contributed by atoms with van der Waals surface area (Å²) in [5.74, 6) is -0.892. The van der Waals surface area contributed by atoms with Crippen LogP contribution in [0.3, 0.4) is 0 Å². The molecule has 2 amide bonds. The standard InChI is InChI=1S/C13H12N2O3/c14-11(16)8-15-13(17)12-10(6-7-18-12)9-4-2-1-3-5-9/h1-7H,8H2,(H2,14,16)(H,15,17). The van der Waals surface area contributed by atoms with Gasteiger partial charge in [0.05, 0.1) is 12.8 Å². The minimum atomic E-state index is -0.601. The Morgan fingerprint density at radius 2 is 1.89 bits per heavy atom. The molecule has 0 unspecified atom stereocenters. The molecular formula is C13H12N2O3. The van der Waals surface area contributed by atoms with Gasteiger partial charge in [0.25, 0.3) is 5.91 Å².